The number of aliphatic hydroxyl groups excluding tert-OH is 1. The minimum atomic E-state index is -0.343. The minimum absolute atomic E-state index is 0.289. The lowest BCUT2D eigenvalue weighted by atomic mass is 10.3. The summed E-state index contributed by atoms with van der Waals surface area (Å²) in [7, 11) is 0. The van der Waals surface area contributed by atoms with E-state index in [1.165, 1.54) is 19.3 Å². The second-order valence-electron chi connectivity index (χ2n) is 1.17. The molecule has 3 nitrogen and oxygen atoms in total. The molecule has 1 radical (unpaired) electrons. The van der Waals surface area contributed by atoms with Crippen LogP contribution in [0.3, 0.4) is 0 Å². The molecular formula is C5H4NO2. The molecule has 0 unspecified atom stereocenters. The Morgan fingerprint density at radius 2 is 2.25 bits per heavy atom. The van der Waals surface area contributed by atoms with E-state index >= 15 is 0 Å². The van der Waals surface area contributed by atoms with E-state index in [1.807, 2.05) is 0 Å². The Hall–Kier alpha value is -1.30. The Morgan fingerprint density at radius 1 is 1.75 bits per heavy atom. The van der Waals surface area contributed by atoms with Gasteiger partial charge in [0.15, 0.2) is 0 Å². The number of hydrogen-bond acceptors (Lipinski definition) is 3. The molecule has 1 N–H and O–H groups in total. The van der Waals surface area contributed by atoms with Gasteiger partial charge in [0.2, 0.25) is 6.29 Å². The van der Waals surface area contributed by atoms with Gasteiger partial charge in [-0.3, -0.25) is 4.79 Å². The van der Waals surface area contributed by atoms with Crippen LogP contribution in [0.4, 0.5) is 0 Å². The van der Waals surface area contributed by atoms with Crippen molar-refractivity contribution in [3.8, 4) is 6.07 Å². The van der Waals surface area contributed by atoms with Crippen LogP contribution < -0.4 is 0 Å². The van der Waals surface area contributed by atoms with Gasteiger partial charge in [-0.25, -0.2) is 0 Å². The monoisotopic (exact) mass is 110 g/mol. The van der Waals surface area contributed by atoms with Crippen LogP contribution in [0.2, 0.25) is 0 Å². The second kappa shape index (κ2) is 2.80. The Bertz CT molecular complexity index is 160. The van der Waals surface area contributed by atoms with Crippen LogP contribution in [-0.4, -0.2) is 11.4 Å². The molecule has 0 amide bonds. The molecule has 0 aromatic carbocycles. The molecule has 41 valence electrons. The van der Waals surface area contributed by atoms with Gasteiger partial charge < -0.3 is 5.11 Å². The number of nitriles is 1. The lowest BCUT2D eigenvalue weighted by molar-refractivity contribution is 0.411. The highest BCUT2D eigenvalue weighted by molar-refractivity contribution is 5.80. The lowest BCUT2D eigenvalue weighted by Crippen LogP contribution is -1.83. The molecule has 0 rings (SSSR count). The van der Waals surface area contributed by atoms with E-state index in [-0.39, 0.29) is 11.3 Å². The second-order valence-corrected chi connectivity index (χ2v) is 1.17. The smallest absolute Gasteiger partial charge is 0.248 e. The first-order valence-corrected chi connectivity index (χ1v) is 1.90. The number of carbonyl (C=O) groups excluding carboxylic acids is 1. The maximum atomic E-state index is 9.61. The van der Waals surface area contributed by atoms with Crippen LogP contribution in [-0.2, 0) is 4.79 Å². The van der Waals surface area contributed by atoms with E-state index in [2.05, 4.69) is 0 Å². The van der Waals surface area contributed by atoms with Crippen molar-refractivity contribution in [2.75, 3.05) is 0 Å². The fourth-order valence-electron chi connectivity index (χ4n) is 0.178. The van der Waals surface area contributed by atoms with Gasteiger partial charge in [-0.2, -0.15) is 5.26 Å². The molecular weight excluding hydrogens is 106 g/mol. The molecule has 0 bridgehead atoms. The molecule has 0 saturated carbocycles. The first-order valence-electron chi connectivity index (χ1n) is 1.90. The molecule has 0 aromatic heterocycles. The number of allylic oxidation sites excluding steroid dienone is 2. The summed E-state index contributed by atoms with van der Waals surface area (Å²) in [6.45, 7) is 1.25. The zero-order chi connectivity index (χ0) is 6.57. The summed E-state index contributed by atoms with van der Waals surface area (Å²) >= 11 is 0. The molecule has 0 fully saturated rings. The molecule has 0 heterocycles. The molecule has 8 heavy (non-hydrogen) atoms. The van der Waals surface area contributed by atoms with Crippen LogP contribution in [0.5, 0.6) is 0 Å². The normalized spacial score (nSPS) is 11.5. The fraction of sp³-hybridized carbons (Fsp3) is 0.200. The number of rotatable bonds is 1. The summed E-state index contributed by atoms with van der Waals surface area (Å²) in [5.41, 5.74) is -0.343. The highest BCUT2D eigenvalue weighted by atomic mass is 16.3. The molecule has 0 aromatic rings. The third-order valence-corrected chi connectivity index (χ3v) is 0.576. The Morgan fingerprint density at radius 3 is 2.25 bits per heavy atom. The number of hydrogen-bond donors (Lipinski definition) is 1. The molecule has 3 heteroatoms. The summed E-state index contributed by atoms with van der Waals surface area (Å²) in [6.07, 6.45) is 1.27. The molecule has 0 spiro atoms. The predicted molar refractivity (Wildman–Crippen MR) is 26.6 cm³/mol. The Balaban J connectivity index is 4.38. The summed E-state index contributed by atoms with van der Waals surface area (Å²) in [5, 5.41) is 16.4. The SMILES string of the molecule is C/C(O)=C(/[C]=O)C#N. The number of aliphatic hydroxyl groups is 1. The van der Waals surface area contributed by atoms with Gasteiger partial charge >= 0.3 is 0 Å². The maximum Gasteiger partial charge on any atom is 0.248 e. The van der Waals surface area contributed by atoms with Crippen molar-refractivity contribution >= 4 is 6.29 Å². The third-order valence-electron chi connectivity index (χ3n) is 0.576. The molecule has 0 aliphatic carbocycles. The standard InChI is InChI=1S/C5H4NO2/c1-4(8)5(2-6)3-7/h8H,1H3/b5-4-. The average Bonchev–Trinajstić information content (AvgIpc) is 1.69. The van der Waals surface area contributed by atoms with Gasteiger partial charge in [-0.15, -0.1) is 0 Å². The van der Waals surface area contributed by atoms with Crippen LogP contribution in [0, 0.1) is 11.3 Å². The summed E-state index contributed by atoms with van der Waals surface area (Å²) in [5.74, 6) is -0.289. The van der Waals surface area contributed by atoms with Crippen molar-refractivity contribution in [3.05, 3.63) is 11.3 Å². The van der Waals surface area contributed by atoms with Crippen molar-refractivity contribution in [1.82, 2.24) is 0 Å². The highest BCUT2D eigenvalue weighted by Gasteiger charge is 1.95. The average molecular weight is 110 g/mol. The summed E-state index contributed by atoms with van der Waals surface area (Å²) in [4.78, 5) is 9.61. The third kappa shape index (κ3) is 1.43. The molecule has 0 atom stereocenters. The van der Waals surface area contributed by atoms with Gasteiger partial charge in [0.1, 0.15) is 17.4 Å². The zero-order valence-electron chi connectivity index (χ0n) is 4.30. The van der Waals surface area contributed by atoms with Gasteiger partial charge in [0.05, 0.1) is 0 Å². The van der Waals surface area contributed by atoms with Crippen molar-refractivity contribution in [2.24, 2.45) is 0 Å². The zero-order valence-corrected chi connectivity index (χ0v) is 4.30. The van der Waals surface area contributed by atoms with E-state index in [1.54, 1.807) is 0 Å². The van der Waals surface area contributed by atoms with Gasteiger partial charge in [-0.1, -0.05) is 0 Å². The van der Waals surface area contributed by atoms with Crippen LogP contribution in [0.25, 0.3) is 0 Å². The van der Waals surface area contributed by atoms with E-state index in [9.17, 15) is 4.79 Å². The van der Waals surface area contributed by atoms with Crippen LogP contribution in [0.1, 0.15) is 6.92 Å². The highest BCUT2D eigenvalue weighted by Crippen LogP contribution is 1.92. The molecule has 0 aliphatic heterocycles. The van der Waals surface area contributed by atoms with E-state index in [4.69, 9.17) is 10.4 Å². The fourth-order valence-corrected chi connectivity index (χ4v) is 0.178. The Labute approximate surface area is 46.9 Å². The first kappa shape index (κ1) is 6.70. The first-order chi connectivity index (χ1) is 3.72. The predicted octanol–water partition coefficient (Wildman–Crippen LogP) is 0.452. The van der Waals surface area contributed by atoms with Gasteiger partial charge in [-0.05, 0) is 6.92 Å². The van der Waals surface area contributed by atoms with Crippen molar-refractivity contribution in [3.63, 3.8) is 0 Å². The molecule has 0 aliphatic rings. The van der Waals surface area contributed by atoms with Crippen LogP contribution in [0.15, 0.2) is 11.3 Å². The quantitative estimate of drug-likeness (QED) is 0.303. The van der Waals surface area contributed by atoms with E-state index < -0.39 is 0 Å². The van der Waals surface area contributed by atoms with Crippen molar-refractivity contribution in [1.29, 1.82) is 5.26 Å². The largest absolute Gasteiger partial charge is 0.511 e. The van der Waals surface area contributed by atoms with Crippen LogP contribution >= 0.6 is 0 Å². The van der Waals surface area contributed by atoms with E-state index in [0.29, 0.717) is 0 Å². The summed E-state index contributed by atoms with van der Waals surface area (Å²) < 4.78 is 0. The minimum Gasteiger partial charge on any atom is -0.511 e. The summed E-state index contributed by atoms with van der Waals surface area (Å²) in [6, 6.07) is 1.46. The van der Waals surface area contributed by atoms with Crippen molar-refractivity contribution in [2.45, 2.75) is 6.92 Å². The van der Waals surface area contributed by atoms with Gasteiger partial charge in [0.25, 0.3) is 0 Å². The molecule has 0 saturated heterocycles. The van der Waals surface area contributed by atoms with Crippen molar-refractivity contribution < 1.29 is 9.90 Å². The Kier molecular flexibility index (Phi) is 2.35. The topological polar surface area (TPSA) is 61.1 Å². The maximum absolute atomic E-state index is 9.61. The lowest BCUT2D eigenvalue weighted by Gasteiger charge is -1.82. The number of nitrogens with zero attached hydrogens (tertiary/aromatic N) is 1. The van der Waals surface area contributed by atoms with E-state index in [0.717, 1.165) is 0 Å². The van der Waals surface area contributed by atoms with Gasteiger partial charge in [0, 0.05) is 0 Å².